The van der Waals surface area contributed by atoms with Gasteiger partial charge in [0.2, 0.25) is 0 Å². The highest BCUT2D eigenvalue weighted by molar-refractivity contribution is 6.32. The Kier molecular flexibility index (Phi) is 8.20. The largest absolute Gasteiger partial charge is 0.454 e. The van der Waals surface area contributed by atoms with E-state index in [0.717, 1.165) is 12.1 Å². The molecule has 13 heteroatoms. The predicted molar refractivity (Wildman–Crippen MR) is 103 cm³/mol. The first kappa shape index (κ1) is 23.5. The van der Waals surface area contributed by atoms with Crippen LogP contribution in [-0.4, -0.2) is 42.5 Å². The predicted octanol–water partition coefficient (Wildman–Crippen LogP) is 2.76. The number of halogens is 3. The number of benzene rings is 2. The number of nitro groups is 1. The van der Waals surface area contributed by atoms with E-state index in [1.807, 2.05) is 0 Å². The molecular formula is C18H14ClF2N3O7. The van der Waals surface area contributed by atoms with Gasteiger partial charge >= 0.3 is 12.6 Å². The number of hydrogen-bond acceptors (Lipinski definition) is 7. The molecule has 2 N–H and O–H groups in total. The van der Waals surface area contributed by atoms with Gasteiger partial charge in [0, 0.05) is 11.6 Å². The highest BCUT2D eigenvalue weighted by atomic mass is 35.5. The van der Waals surface area contributed by atoms with E-state index in [1.165, 1.54) is 30.3 Å². The summed E-state index contributed by atoms with van der Waals surface area (Å²) in [5, 5.41) is 15.1. The number of para-hydroxylation sites is 2. The van der Waals surface area contributed by atoms with Crippen molar-refractivity contribution in [1.82, 2.24) is 5.32 Å². The van der Waals surface area contributed by atoms with Crippen LogP contribution in [0.4, 0.5) is 20.2 Å². The van der Waals surface area contributed by atoms with E-state index < -0.39 is 48.2 Å². The van der Waals surface area contributed by atoms with Crippen molar-refractivity contribution in [2.75, 3.05) is 18.5 Å². The second kappa shape index (κ2) is 10.8. The summed E-state index contributed by atoms with van der Waals surface area (Å²) in [7, 11) is 0. The fourth-order valence-electron chi connectivity index (χ4n) is 2.20. The molecule has 0 radical (unpaired) electrons. The Morgan fingerprint density at radius 3 is 2.55 bits per heavy atom. The lowest BCUT2D eigenvalue weighted by Gasteiger charge is -2.12. The number of hydrogen-bond donors (Lipinski definition) is 2. The zero-order valence-electron chi connectivity index (χ0n) is 15.5. The number of alkyl halides is 2. The highest BCUT2D eigenvalue weighted by Crippen LogP contribution is 2.26. The molecule has 0 aromatic heterocycles. The van der Waals surface area contributed by atoms with Gasteiger partial charge in [-0.2, -0.15) is 8.78 Å². The molecule has 2 amide bonds. The van der Waals surface area contributed by atoms with Gasteiger partial charge in [-0.3, -0.25) is 24.5 Å². The molecule has 10 nitrogen and oxygen atoms in total. The van der Waals surface area contributed by atoms with Gasteiger partial charge in [0.1, 0.15) is 17.3 Å². The van der Waals surface area contributed by atoms with Crippen LogP contribution in [0.25, 0.3) is 0 Å². The molecular weight excluding hydrogens is 444 g/mol. The molecule has 0 aliphatic rings. The summed E-state index contributed by atoms with van der Waals surface area (Å²) in [6.45, 7) is -4.49. The molecule has 0 spiro atoms. The number of nitrogens with one attached hydrogen (secondary N) is 2. The summed E-state index contributed by atoms with van der Waals surface area (Å²) < 4.78 is 33.7. The number of nitro benzene ring substituents is 1. The van der Waals surface area contributed by atoms with Crippen LogP contribution in [-0.2, 0) is 14.3 Å². The molecule has 0 aliphatic heterocycles. The summed E-state index contributed by atoms with van der Waals surface area (Å²) in [5.41, 5.74) is -0.650. The quantitative estimate of drug-likeness (QED) is 0.335. The lowest BCUT2D eigenvalue weighted by molar-refractivity contribution is -0.384. The van der Waals surface area contributed by atoms with Crippen LogP contribution in [0.3, 0.4) is 0 Å². The topological polar surface area (TPSA) is 137 Å². The monoisotopic (exact) mass is 457 g/mol. The third-order valence-electron chi connectivity index (χ3n) is 3.54. The van der Waals surface area contributed by atoms with Gasteiger partial charge in [-0.05, 0) is 24.3 Å². The summed E-state index contributed by atoms with van der Waals surface area (Å²) in [5.74, 6) is -2.90. The van der Waals surface area contributed by atoms with Crippen LogP contribution < -0.4 is 15.4 Å². The molecule has 164 valence electrons. The molecule has 0 aliphatic carbocycles. The van der Waals surface area contributed by atoms with Crippen molar-refractivity contribution in [1.29, 1.82) is 0 Å². The van der Waals surface area contributed by atoms with Crippen molar-refractivity contribution < 1.29 is 37.6 Å². The van der Waals surface area contributed by atoms with E-state index in [-0.39, 0.29) is 22.0 Å². The molecule has 0 saturated carbocycles. The fraction of sp³-hybridized carbons (Fsp3) is 0.167. The van der Waals surface area contributed by atoms with E-state index in [9.17, 15) is 33.3 Å². The summed E-state index contributed by atoms with van der Waals surface area (Å²) >= 11 is 5.66. The van der Waals surface area contributed by atoms with Crippen molar-refractivity contribution >= 4 is 40.8 Å². The first-order chi connectivity index (χ1) is 14.7. The lowest BCUT2D eigenvalue weighted by atomic mass is 10.2. The van der Waals surface area contributed by atoms with Crippen molar-refractivity contribution in [2.45, 2.75) is 6.61 Å². The van der Waals surface area contributed by atoms with Gasteiger partial charge in [0.05, 0.1) is 10.6 Å². The van der Waals surface area contributed by atoms with Gasteiger partial charge in [-0.25, -0.2) is 0 Å². The number of anilines is 1. The van der Waals surface area contributed by atoms with Gasteiger partial charge in [-0.1, -0.05) is 23.7 Å². The molecule has 2 rings (SSSR count). The van der Waals surface area contributed by atoms with E-state index in [4.69, 9.17) is 11.6 Å². The molecule has 0 bridgehead atoms. The fourth-order valence-corrected chi connectivity index (χ4v) is 2.39. The minimum atomic E-state index is -3.10. The maximum atomic E-state index is 12.4. The highest BCUT2D eigenvalue weighted by Gasteiger charge is 2.17. The van der Waals surface area contributed by atoms with Crippen LogP contribution >= 0.6 is 11.6 Å². The average molecular weight is 458 g/mol. The van der Waals surface area contributed by atoms with Crippen LogP contribution in [0.2, 0.25) is 5.02 Å². The number of carbonyl (C=O) groups excluding carboxylic acids is 3. The zero-order valence-corrected chi connectivity index (χ0v) is 16.2. The average Bonchev–Trinajstić information content (AvgIpc) is 2.71. The number of nitrogens with zero attached hydrogens (tertiary/aromatic N) is 1. The first-order valence-corrected chi connectivity index (χ1v) is 8.76. The minimum absolute atomic E-state index is 0.0542. The third-order valence-corrected chi connectivity index (χ3v) is 3.86. The van der Waals surface area contributed by atoms with Crippen molar-refractivity contribution in [3.63, 3.8) is 0 Å². The Balaban J connectivity index is 1.83. The van der Waals surface area contributed by atoms with E-state index in [1.54, 1.807) is 0 Å². The van der Waals surface area contributed by atoms with Crippen molar-refractivity contribution in [2.24, 2.45) is 0 Å². The summed E-state index contributed by atoms with van der Waals surface area (Å²) in [4.78, 5) is 45.6. The number of rotatable bonds is 9. The van der Waals surface area contributed by atoms with Gasteiger partial charge in [0.25, 0.3) is 17.5 Å². The molecule has 2 aromatic rings. The molecule has 0 heterocycles. The van der Waals surface area contributed by atoms with Crippen LogP contribution in [0.1, 0.15) is 10.4 Å². The summed E-state index contributed by atoms with van der Waals surface area (Å²) in [6, 6.07) is 8.74. The van der Waals surface area contributed by atoms with Crippen molar-refractivity contribution in [3.8, 4) is 5.75 Å². The van der Waals surface area contributed by atoms with Crippen LogP contribution in [0.15, 0.2) is 42.5 Å². The second-order valence-electron chi connectivity index (χ2n) is 5.69. The summed E-state index contributed by atoms with van der Waals surface area (Å²) in [6.07, 6.45) is 0. The standard InChI is InChI=1S/C18H14ClF2N3O7/c19-11-6-5-10(7-13(11)24(28)29)17(27)22-8-16(26)30-9-15(25)23-12-3-1-2-4-14(12)31-18(20)21/h1-7,18H,8-9H2,(H,22,27)(H,23,25). The van der Waals surface area contributed by atoms with E-state index in [2.05, 4.69) is 20.1 Å². The SMILES string of the molecule is O=C(COC(=O)CNC(=O)c1ccc(Cl)c([N+](=O)[O-])c1)Nc1ccccc1OC(F)F. The smallest absolute Gasteiger partial charge is 0.387 e. The Hall–Kier alpha value is -3.80. The van der Waals surface area contributed by atoms with E-state index in [0.29, 0.717) is 0 Å². The van der Waals surface area contributed by atoms with E-state index >= 15 is 0 Å². The first-order valence-electron chi connectivity index (χ1n) is 8.39. The normalized spacial score (nSPS) is 10.3. The Morgan fingerprint density at radius 2 is 1.87 bits per heavy atom. The Bertz CT molecular complexity index is 1000. The zero-order chi connectivity index (χ0) is 23.0. The van der Waals surface area contributed by atoms with Crippen LogP contribution in [0, 0.1) is 10.1 Å². The maximum absolute atomic E-state index is 12.4. The molecule has 2 aromatic carbocycles. The molecule has 0 saturated heterocycles. The second-order valence-corrected chi connectivity index (χ2v) is 6.10. The number of carbonyl (C=O) groups is 3. The van der Waals surface area contributed by atoms with Gasteiger partial charge < -0.3 is 20.1 Å². The van der Waals surface area contributed by atoms with Crippen molar-refractivity contribution in [3.05, 3.63) is 63.2 Å². The minimum Gasteiger partial charge on any atom is -0.454 e. The molecule has 31 heavy (non-hydrogen) atoms. The molecule has 0 fully saturated rings. The number of ether oxygens (including phenoxy) is 2. The van der Waals surface area contributed by atoms with Gasteiger partial charge in [-0.15, -0.1) is 0 Å². The lowest BCUT2D eigenvalue weighted by Crippen LogP contribution is -2.32. The van der Waals surface area contributed by atoms with Gasteiger partial charge in [0.15, 0.2) is 6.61 Å². The molecule has 0 atom stereocenters. The Morgan fingerprint density at radius 1 is 1.16 bits per heavy atom. The number of amides is 2. The Labute approximate surface area is 178 Å². The van der Waals surface area contributed by atoms with Crippen LogP contribution in [0.5, 0.6) is 5.75 Å². The third kappa shape index (κ3) is 7.19. The molecule has 0 unspecified atom stereocenters. The number of esters is 1. The maximum Gasteiger partial charge on any atom is 0.387 e.